The zero-order valence-electron chi connectivity index (χ0n) is 15.1. The lowest BCUT2D eigenvalue weighted by atomic mass is 10.1. The van der Waals surface area contributed by atoms with Crippen molar-refractivity contribution in [3.63, 3.8) is 0 Å². The van der Waals surface area contributed by atoms with Gasteiger partial charge in [0.25, 0.3) is 5.91 Å². The number of rotatable bonds is 3. The van der Waals surface area contributed by atoms with E-state index in [4.69, 9.17) is 23.2 Å². The molecule has 30 heavy (non-hydrogen) atoms. The van der Waals surface area contributed by atoms with Crippen LogP contribution in [0.3, 0.4) is 0 Å². The fourth-order valence-electron chi connectivity index (χ4n) is 3.00. The van der Waals surface area contributed by atoms with Crippen LogP contribution in [0.15, 0.2) is 41.3 Å². The molecule has 0 saturated carbocycles. The van der Waals surface area contributed by atoms with Crippen LogP contribution in [0.5, 0.6) is 0 Å². The highest BCUT2D eigenvalue weighted by atomic mass is 35.5. The number of halogens is 6. The second-order valence-corrected chi connectivity index (χ2v) is 9.24. The van der Waals surface area contributed by atoms with E-state index in [1.165, 1.54) is 17.0 Å². The van der Waals surface area contributed by atoms with Gasteiger partial charge in [0, 0.05) is 31.2 Å². The Hall–Kier alpha value is -1.88. The molecule has 0 bridgehead atoms. The Bertz CT molecular complexity index is 1090. The van der Waals surface area contributed by atoms with Crippen LogP contribution < -0.4 is 0 Å². The maximum atomic E-state index is 14.0. The van der Waals surface area contributed by atoms with E-state index in [1.807, 2.05) is 0 Å². The predicted molar refractivity (Wildman–Crippen MR) is 103 cm³/mol. The van der Waals surface area contributed by atoms with Crippen molar-refractivity contribution in [2.45, 2.75) is 11.1 Å². The molecule has 1 fully saturated rings. The van der Waals surface area contributed by atoms with Gasteiger partial charge in [-0.05, 0) is 36.4 Å². The largest absolute Gasteiger partial charge is 0.417 e. The highest BCUT2D eigenvalue weighted by Crippen LogP contribution is 2.36. The molecule has 1 heterocycles. The van der Waals surface area contributed by atoms with Gasteiger partial charge < -0.3 is 4.90 Å². The van der Waals surface area contributed by atoms with Gasteiger partial charge in [-0.25, -0.2) is 12.8 Å². The van der Waals surface area contributed by atoms with Crippen molar-refractivity contribution in [2.75, 3.05) is 26.2 Å². The summed E-state index contributed by atoms with van der Waals surface area (Å²) in [5, 5.41) is -0.483. The average molecular weight is 485 g/mol. The number of hydrogen-bond donors (Lipinski definition) is 0. The molecule has 2 aromatic rings. The average Bonchev–Trinajstić information content (AvgIpc) is 2.67. The number of carbonyl (C=O) groups excluding carboxylic acids is 1. The summed E-state index contributed by atoms with van der Waals surface area (Å²) in [7, 11) is -4.24. The maximum absolute atomic E-state index is 14.0. The second-order valence-electron chi connectivity index (χ2n) is 6.46. The molecule has 0 atom stereocenters. The summed E-state index contributed by atoms with van der Waals surface area (Å²) < 4.78 is 79.6. The van der Waals surface area contributed by atoms with Gasteiger partial charge in [-0.15, -0.1) is 0 Å². The Balaban J connectivity index is 1.76. The molecule has 162 valence electrons. The molecule has 0 aromatic heterocycles. The summed E-state index contributed by atoms with van der Waals surface area (Å²) in [6.45, 7) is -0.430. The molecule has 0 spiro atoms. The standard InChI is InChI=1S/C18H14Cl2F4N2O3S/c19-11-1-3-13(16(21)9-11)17(27)25-5-7-26(8-6-25)30(28,29)12-2-4-15(20)14(10-12)18(22,23)24/h1-4,9-10H,5-8H2. The minimum atomic E-state index is -4.81. The molecule has 1 aliphatic heterocycles. The molecule has 1 aliphatic rings. The van der Waals surface area contributed by atoms with Crippen molar-refractivity contribution in [1.29, 1.82) is 0 Å². The molecule has 0 radical (unpaired) electrons. The lowest BCUT2D eigenvalue weighted by molar-refractivity contribution is -0.137. The van der Waals surface area contributed by atoms with Crippen molar-refractivity contribution in [1.82, 2.24) is 9.21 Å². The third-order valence-corrected chi connectivity index (χ3v) is 7.03. The van der Waals surface area contributed by atoms with Crippen LogP contribution in [0, 0.1) is 5.82 Å². The van der Waals surface area contributed by atoms with Gasteiger partial charge in [0.05, 0.1) is 21.0 Å². The van der Waals surface area contributed by atoms with Crippen LogP contribution in [0.25, 0.3) is 0 Å². The Kier molecular flexibility index (Phi) is 6.33. The number of carbonyl (C=O) groups is 1. The molecular weight excluding hydrogens is 471 g/mol. The lowest BCUT2D eigenvalue weighted by Gasteiger charge is -2.34. The van der Waals surface area contributed by atoms with Crippen LogP contribution in [-0.4, -0.2) is 49.7 Å². The number of piperazine rings is 1. The quantitative estimate of drug-likeness (QED) is 0.610. The van der Waals surface area contributed by atoms with Gasteiger partial charge in [0.1, 0.15) is 5.82 Å². The molecule has 1 amide bonds. The van der Waals surface area contributed by atoms with E-state index in [-0.39, 0.29) is 36.8 Å². The summed E-state index contributed by atoms with van der Waals surface area (Å²) in [5.41, 5.74) is -1.46. The molecule has 1 saturated heterocycles. The molecule has 0 aliphatic carbocycles. The Morgan fingerprint density at radius 3 is 2.17 bits per heavy atom. The summed E-state index contributed by atoms with van der Waals surface area (Å²) in [5.74, 6) is -1.43. The van der Waals surface area contributed by atoms with Crippen molar-refractivity contribution < 1.29 is 30.8 Å². The van der Waals surface area contributed by atoms with E-state index in [0.717, 1.165) is 22.5 Å². The fourth-order valence-corrected chi connectivity index (χ4v) is 4.83. The van der Waals surface area contributed by atoms with Gasteiger partial charge in [-0.3, -0.25) is 4.79 Å². The van der Waals surface area contributed by atoms with E-state index >= 15 is 0 Å². The first-order valence-corrected chi connectivity index (χ1v) is 10.7. The molecular formula is C18H14Cl2F4N2O3S. The van der Waals surface area contributed by atoms with Crippen LogP contribution in [0.1, 0.15) is 15.9 Å². The Morgan fingerprint density at radius 2 is 1.60 bits per heavy atom. The van der Waals surface area contributed by atoms with Crippen LogP contribution >= 0.6 is 23.2 Å². The molecule has 2 aromatic carbocycles. The van der Waals surface area contributed by atoms with E-state index in [9.17, 15) is 30.8 Å². The van der Waals surface area contributed by atoms with Gasteiger partial charge >= 0.3 is 6.18 Å². The summed E-state index contributed by atoms with van der Waals surface area (Å²) >= 11 is 11.2. The molecule has 3 rings (SSSR count). The lowest BCUT2D eigenvalue weighted by Crippen LogP contribution is -2.50. The minimum absolute atomic E-state index is 0.0557. The van der Waals surface area contributed by atoms with Crippen LogP contribution in [0.4, 0.5) is 17.6 Å². The summed E-state index contributed by atoms with van der Waals surface area (Å²) in [4.78, 5) is 13.2. The Morgan fingerprint density at radius 1 is 0.967 bits per heavy atom. The van der Waals surface area contributed by atoms with Gasteiger partial charge in [-0.2, -0.15) is 17.5 Å². The SMILES string of the molecule is O=C(c1ccc(Cl)cc1F)N1CCN(S(=O)(=O)c2ccc(Cl)c(C(F)(F)F)c2)CC1. The van der Waals surface area contributed by atoms with E-state index in [1.54, 1.807) is 0 Å². The highest BCUT2D eigenvalue weighted by molar-refractivity contribution is 7.89. The van der Waals surface area contributed by atoms with Crippen molar-refractivity contribution >= 4 is 39.1 Å². The second kappa shape index (κ2) is 8.33. The summed E-state index contributed by atoms with van der Waals surface area (Å²) in [6, 6.07) is 5.94. The topological polar surface area (TPSA) is 57.7 Å². The smallest absolute Gasteiger partial charge is 0.336 e. The third kappa shape index (κ3) is 4.56. The van der Waals surface area contributed by atoms with Crippen LogP contribution in [-0.2, 0) is 16.2 Å². The monoisotopic (exact) mass is 484 g/mol. The number of hydrogen-bond acceptors (Lipinski definition) is 3. The van der Waals surface area contributed by atoms with Gasteiger partial charge in [-0.1, -0.05) is 23.2 Å². The third-order valence-electron chi connectivity index (χ3n) is 4.57. The summed E-state index contributed by atoms with van der Waals surface area (Å²) in [6.07, 6.45) is -4.81. The highest BCUT2D eigenvalue weighted by Gasteiger charge is 2.36. The van der Waals surface area contributed by atoms with E-state index in [2.05, 4.69) is 0 Å². The number of sulfonamides is 1. The molecule has 5 nitrogen and oxygen atoms in total. The van der Waals surface area contributed by atoms with E-state index < -0.39 is 43.4 Å². The van der Waals surface area contributed by atoms with Crippen molar-refractivity contribution in [2.24, 2.45) is 0 Å². The number of nitrogens with zero attached hydrogens (tertiary/aromatic N) is 2. The van der Waals surface area contributed by atoms with E-state index in [0.29, 0.717) is 6.07 Å². The maximum Gasteiger partial charge on any atom is 0.417 e. The van der Waals surface area contributed by atoms with Crippen molar-refractivity contribution in [3.05, 3.63) is 63.4 Å². The van der Waals surface area contributed by atoms with Crippen molar-refractivity contribution in [3.8, 4) is 0 Å². The van der Waals surface area contributed by atoms with Gasteiger partial charge in [0.15, 0.2) is 0 Å². The minimum Gasteiger partial charge on any atom is -0.336 e. The Labute approximate surface area is 179 Å². The van der Waals surface area contributed by atoms with Gasteiger partial charge in [0.2, 0.25) is 10.0 Å². The number of benzene rings is 2. The first-order chi connectivity index (χ1) is 13.9. The zero-order chi connectivity index (χ0) is 22.3. The molecule has 0 N–H and O–H groups in total. The zero-order valence-corrected chi connectivity index (χ0v) is 17.4. The number of alkyl halides is 3. The number of amides is 1. The molecule has 0 unspecified atom stereocenters. The first kappa shape index (κ1) is 22.8. The first-order valence-electron chi connectivity index (χ1n) is 8.52. The van der Waals surface area contributed by atoms with Crippen LogP contribution in [0.2, 0.25) is 10.0 Å². The normalized spacial score (nSPS) is 16.0. The molecule has 12 heteroatoms. The predicted octanol–water partition coefficient (Wildman–Crippen LogP) is 4.30. The fraction of sp³-hybridized carbons (Fsp3) is 0.278.